The topological polar surface area (TPSA) is 51.9 Å². The van der Waals surface area contributed by atoms with Gasteiger partial charge in [0.15, 0.2) is 5.76 Å². The first-order chi connectivity index (χ1) is 15.4. The SMILES string of the molecule is Cc1ccc(/C=C2/Oc3c4c(cc(C)c3C2=O)OCN(CCc2ccc(Cl)cc2Cl)C4)o1. The molecule has 3 aromatic rings. The molecule has 7 heteroatoms. The second kappa shape index (κ2) is 8.32. The number of ether oxygens (including phenoxy) is 2. The lowest BCUT2D eigenvalue weighted by Gasteiger charge is -2.30. The smallest absolute Gasteiger partial charge is 0.232 e. The van der Waals surface area contributed by atoms with Crippen LogP contribution in [0.2, 0.25) is 10.0 Å². The highest BCUT2D eigenvalue weighted by molar-refractivity contribution is 6.35. The lowest BCUT2D eigenvalue weighted by molar-refractivity contribution is 0.0949. The largest absolute Gasteiger partial charge is 0.478 e. The number of carbonyl (C=O) groups excluding carboxylic acids is 1. The van der Waals surface area contributed by atoms with E-state index in [0.717, 1.165) is 41.2 Å². The van der Waals surface area contributed by atoms with Crippen LogP contribution in [0.3, 0.4) is 0 Å². The Kier molecular flexibility index (Phi) is 5.49. The second-order valence-electron chi connectivity index (χ2n) is 8.07. The fourth-order valence-electron chi connectivity index (χ4n) is 4.08. The van der Waals surface area contributed by atoms with E-state index in [9.17, 15) is 4.79 Å². The molecule has 0 saturated carbocycles. The number of nitrogens with zero attached hydrogens (tertiary/aromatic N) is 1. The molecule has 2 aliphatic rings. The molecule has 0 unspecified atom stereocenters. The summed E-state index contributed by atoms with van der Waals surface area (Å²) >= 11 is 12.3. The number of furan rings is 1. The fourth-order valence-corrected chi connectivity index (χ4v) is 4.59. The molecule has 0 amide bonds. The number of hydrogen-bond donors (Lipinski definition) is 0. The van der Waals surface area contributed by atoms with E-state index in [4.69, 9.17) is 37.1 Å². The van der Waals surface area contributed by atoms with E-state index in [1.165, 1.54) is 0 Å². The standard InChI is InChI=1S/C25H21Cl2NO4/c1-14-9-21-19(12-28(13-30-21)8-7-16-4-5-17(26)10-20(16)27)25-23(14)24(29)22(32-25)11-18-6-3-15(2)31-18/h3-6,9-11H,7-8,12-13H2,1-2H3/b22-11+. The van der Waals surface area contributed by atoms with E-state index in [1.807, 2.05) is 44.2 Å². The molecule has 0 saturated heterocycles. The van der Waals surface area contributed by atoms with Crippen molar-refractivity contribution in [1.82, 2.24) is 4.90 Å². The van der Waals surface area contributed by atoms with E-state index in [0.29, 0.717) is 40.4 Å². The fraction of sp³-hybridized carbons (Fsp3) is 0.240. The van der Waals surface area contributed by atoms with Crippen molar-refractivity contribution in [1.29, 1.82) is 0 Å². The first-order valence-electron chi connectivity index (χ1n) is 10.4. The van der Waals surface area contributed by atoms with Crippen LogP contribution in [-0.2, 0) is 13.0 Å². The van der Waals surface area contributed by atoms with Gasteiger partial charge in [-0.05, 0) is 61.7 Å². The Morgan fingerprint density at radius 3 is 2.72 bits per heavy atom. The van der Waals surface area contributed by atoms with Gasteiger partial charge < -0.3 is 13.9 Å². The Balaban J connectivity index is 1.39. The van der Waals surface area contributed by atoms with Crippen LogP contribution in [0.25, 0.3) is 6.08 Å². The molecule has 32 heavy (non-hydrogen) atoms. The van der Waals surface area contributed by atoms with Gasteiger partial charge in [0, 0.05) is 29.2 Å². The van der Waals surface area contributed by atoms with Crippen molar-refractivity contribution >= 4 is 35.1 Å². The average molecular weight is 470 g/mol. The first-order valence-corrected chi connectivity index (χ1v) is 11.1. The van der Waals surface area contributed by atoms with Gasteiger partial charge in [-0.2, -0.15) is 0 Å². The summed E-state index contributed by atoms with van der Waals surface area (Å²) in [5.74, 6) is 2.81. The van der Waals surface area contributed by atoms with Crippen LogP contribution in [0.4, 0.5) is 0 Å². The quantitative estimate of drug-likeness (QED) is 0.424. The van der Waals surface area contributed by atoms with Gasteiger partial charge in [-0.15, -0.1) is 0 Å². The van der Waals surface area contributed by atoms with Crippen LogP contribution in [0.15, 0.2) is 46.6 Å². The Labute approximate surface area is 196 Å². The van der Waals surface area contributed by atoms with Crippen LogP contribution in [0.1, 0.15) is 38.6 Å². The molecular weight excluding hydrogens is 449 g/mol. The minimum absolute atomic E-state index is 0.139. The number of carbonyl (C=O) groups is 1. The zero-order valence-electron chi connectivity index (χ0n) is 17.7. The van der Waals surface area contributed by atoms with E-state index < -0.39 is 0 Å². The number of hydrogen-bond acceptors (Lipinski definition) is 5. The lowest BCUT2D eigenvalue weighted by atomic mass is 9.98. The van der Waals surface area contributed by atoms with E-state index in [1.54, 1.807) is 12.1 Å². The van der Waals surface area contributed by atoms with Crippen LogP contribution in [-0.4, -0.2) is 24.0 Å². The maximum Gasteiger partial charge on any atom is 0.232 e. The number of ketones is 1. The lowest BCUT2D eigenvalue weighted by Crippen LogP contribution is -2.34. The summed E-state index contributed by atoms with van der Waals surface area (Å²) < 4.78 is 17.7. The summed E-state index contributed by atoms with van der Waals surface area (Å²) in [5, 5.41) is 1.28. The van der Waals surface area contributed by atoms with Crippen molar-refractivity contribution in [3.8, 4) is 11.5 Å². The summed E-state index contributed by atoms with van der Waals surface area (Å²) in [4.78, 5) is 15.2. The highest BCUT2D eigenvalue weighted by atomic mass is 35.5. The molecule has 0 aliphatic carbocycles. The van der Waals surface area contributed by atoms with Crippen LogP contribution >= 0.6 is 23.2 Å². The number of halogens is 2. The summed E-state index contributed by atoms with van der Waals surface area (Å²) in [5.41, 5.74) is 3.33. The van der Waals surface area contributed by atoms with Gasteiger partial charge in [0.25, 0.3) is 0 Å². The molecule has 164 valence electrons. The zero-order valence-corrected chi connectivity index (χ0v) is 19.2. The van der Waals surface area contributed by atoms with E-state index >= 15 is 0 Å². The van der Waals surface area contributed by atoms with Crippen molar-refractivity contribution in [2.24, 2.45) is 0 Å². The predicted octanol–water partition coefficient (Wildman–Crippen LogP) is 6.21. The molecule has 3 heterocycles. The zero-order chi connectivity index (χ0) is 22.4. The summed E-state index contributed by atoms with van der Waals surface area (Å²) in [6.07, 6.45) is 2.40. The Bertz CT molecular complexity index is 1260. The molecule has 0 spiro atoms. The molecule has 0 N–H and O–H groups in total. The molecular formula is C25H21Cl2NO4. The van der Waals surface area contributed by atoms with Gasteiger partial charge in [-0.3, -0.25) is 9.69 Å². The number of benzene rings is 2. The van der Waals surface area contributed by atoms with Crippen molar-refractivity contribution < 1.29 is 18.7 Å². The van der Waals surface area contributed by atoms with Gasteiger partial charge in [-0.1, -0.05) is 29.3 Å². The summed E-state index contributed by atoms with van der Waals surface area (Å²) in [7, 11) is 0. The normalized spacial score (nSPS) is 16.6. The maximum atomic E-state index is 13.1. The second-order valence-corrected chi connectivity index (χ2v) is 8.92. The average Bonchev–Trinajstić information content (AvgIpc) is 3.31. The summed E-state index contributed by atoms with van der Waals surface area (Å²) in [6, 6.07) is 11.1. The van der Waals surface area contributed by atoms with Crippen molar-refractivity contribution in [2.75, 3.05) is 13.3 Å². The van der Waals surface area contributed by atoms with Gasteiger partial charge in [0.1, 0.15) is 29.8 Å². The van der Waals surface area contributed by atoms with Crippen molar-refractivity contribution in [3.63, 3.8) is 0 Å². The van der Waals surface area contributed by atoms with Crippen LogP contribution in [0.5, 0.6) is 11.5 Å². The summed E-state index contributed by atoms with van der Waals surface area (Å²) in [6.45, 7) is 5.57. The number of aryl methyl sites for hydroxylation is 2. The molecule has 2 aliphatic heterocycles. The highest BCUT2D eigenvalue weighted by Gasteiger charge is 2.35. The van der Waals surface area contributed by atoms with E-state index in [2.05, 4.69) is 4.90 Å². The van der Waals surface area contributed by atoms with Gasteiger partial charge >= 0.3 is 0 Å². The molecule has 1 aromatic heterocycles. The number of allylic oxidation sites excluding steroid dienone is 1. The number of rotatable bonds is 4. The number of Topliss-reactive ketones (excluding diaryl/α,β-unsaturated/α-hetero) is 1. The highest BCUT2D eigenvalue weighted by Crippen LogP contribution is 2.44. The molecule has 5 rings (SSSR count). The van der Waals surface area contributed by atoms with Gasteiger partial charge in [0.05, 0.1) is 11.1 Å². The molecule has 2 aromatic carbocycles. The Hall–Kier alpha value is -2.73. The third-order valence-electron chi connectivity index (χ3n) is 5.73. The maximum absolute atomic E-state index is 13.1. The minimum atomic E-state index is -0.139. The minimum Gasteiger partial charge on any atom is -0.478 e. The molecule has 0 atom stereocenters. The third-order valence-corrected chi connectivity index (χ3v) is 6.32. The predicted molar refractivity (Wildman–Crippen MR) is 124 cm³/mol. The van der Waals surface area contributed by atoms with Crippen molar-refractivity contribution in [3.05, 3.63) is 86.0 Å². The van der Waals surface area contributed by atoms with Crippen molar-refractivity contribution in [2.45, 2.75) is 26.8 Å². The van der Waals surface area contributed by atoms with Gasteiger partial charge in [0.2, 0.25) is 5.78 Å². The first kappa shape index (κ1) is 21.1. The Morgan fingerprint density at radius 1 is 1.12 bits per heavy atom. The van der Waals surface area contributed by atoms with Crippen LogP contribution in [0, 0.1) is 13.8 Å². The monoisotopic (exact) mass is 469 g/mol. The van der Waals surface area contributed by atoms with Gasteiger partial charge in [-0.25, -0.2) is 0 Å². The Morgan fingerprint density at radius 2 is 1.97 bits per heavy atom. The molecule has 0 fully saturated rings. The van der Waals surface area contributed by atoms with E-state index in [-0.39, 0.29) is 11.5 Å². The molecule has 0 radical (unpaired) electrons. The third kappa shape index (κ3) is 3.92. The number of fused-ring (bicyclic) bond motifs is 3. The molecule has 0 bridgehead atoms. The van der Waals surface area contributed by atoms with Crippen LogP contribution < -0.4 is 9.47 Å². The molecule has 5 nitrogen and oxygen atoms in total.